The summed E-state index contributed by atoms with van der Waals surface area (Å²) in [5, 5.41) is 0. The Kier molecular flexibility index (Phi) is 2.32. The molecule has 0 bridgehead atoms. The van der Waals surface area contributed by atoms with Gasteiger partial charge in [-0.25, -0.2) is 19.2 Å². The fourth-order valence-electron chi connectivity index (χ4n) is 1.17. The van der Waals surface area contributed by atoms with Crippen molar-refractivity contribution in [3.8, 4) is 0 Å². The van der Waals surface area contributed by atoms with E-state index in [9.17, 15) is 9.18 Å². The van der Waals surface area contributed by atoms with Gasteiger partial charge in [0.25, 0.3) is 0 Å². The fourth-order valence-corrected chi connectivity index (χ4v) is 1.17. The van der Waals surface area contributed by atoms with Crippen LogP contribution < -0.4 is 0 Å². The third-order valence-electron chi connectivity index (χ3n) is 1.77. The van der Waals surface area contributed by atoms with Crippen LogP contribution in [0.4, 0.5) is 4.39 Å². The summed E-state index contributed by atoms with van der Waals surface area (Å²) >= 11 is 0. The molecule has 1 N–H and O–H groups in total. The third-order valence-corrected chi connectivity index (χ3v) is 1.77. The average Bonchev–Trinajstić information content (AvgIpc) is 2.60. The normalized spacial score (nSPS) is 10.5. The third kappa shape index (κ3) is 1.78. The number of hydrogen-bond donors (Lipinski definition) is 1. The number of nitrogens with zero attached hydrogens (tertiary/aromatic N) is 2. The Morgan fingerprint density at radius 1 is 1.67 bits per heavy atom. The van der Waals surface area contributed by atoms with E-state index in [0.717, 1.165) is 6.20 Å². The Morgan fingerprint density at radius 2 is 2.47 bits per heavy atom. The molecule has 0 aromatic carbocycles. The van der Waals surface area contributed by atoms with Gasteiger partial charge in [-0.2, -0.15) is 0 Å². The van der Waals surface area contributed by atoms with E-state index < -0.39 is 11.8 Å². The number of fused-ring (bicyclic) bond motifs is 1. The van der Waals surface area contributed by atoms with Crippen molar-refractivity contribution in [1.82, 2.24) is 15.0 Å². The molecule has 2 heterocycles. The topological polar surface area (TPSA) is 67.9 Å². The number of pyridine rings is 1. The Balaban J connectivity index is 2.42. The fraction of sp³-hybridized carbons (Fsp3) is 0.222. The molecular weight excluding hydrogens is 201 g/mol. The Hall–Kier alpha value is -1.98. The van der Waals surface area contributed by atoms with Crippen molar-refractivity contribution in [2.75, 3.05) is 6.61 Å². The molecule has 78 valence electrons. The highest BCUT2D eigenvalue weighted by molar-refractivity contribution is 5.89. The van der Waals surface area contributed by atoms with Crippen LogP contribution in [0.1, 0.15) is 17.5 Å². The molecule has 0 spiro atoms. The van der Waals surface area contributed by atoms with Crippen molar-refractivity contribution in [2.45, 2.75) is 6.92 Å². The number of rotatable bonds is 2. The zero-order valence-electron chi connectivity index (χ0n) is 7.95. The van der Waals surface area contributed by atoms with E-state index in [4.69, 9.17) is 4.74 Å². The maximum absolute atomic E-state index is 12.8. The van der Waals surface area contributed by atoms with Crippen LogP contribution in [0.3, 0.4) is 0 Å². The van der Waals surface area contributed by atoms with E-state index in [2.05, 4.69) is 15.0 Å². The highest BCUT2D eigenvalue weighted by atomic mass is 19.1. The summed E-state index contributed by atoms with van der Waals surface area (Å²) in [5.41, 5.74) is 0.664. The monoisotopic (exact) mass is 209 g/mol. The molecule has 0 radical (unpaired) electrons. The van der Waals surface area contributed by atoms with E-state index in [1.54, 1.807) is 6.92 Å². The molecule has 2 aromatic heterocycles. The van der Waals surface area contributed by atoms with Gasteiger partial charge in [-0.05, 0) is 6.92 Å². The predicted octanol–water partition coefficient (Wildman–Crippen LogP) is 1.27. The lowest BCUT2D eigenvalue weighted by molar-refractivity contribution is 0.0513. The van der Waals surface area contributed by atoms with E-state index in [1.165, 1.54) is 6.07 Å². The average molecular weight is 209 g/mol. The van der Waals surface area contributed by atoms with Crippen LogP contribution in [0.25, 0.3) is 11.2 Å². The zero-order chi connectivity index (χ0) is 10.8. The van der Waals surface area contributed by atoms with E-state index >= 15 is 0 Å². The van der Waals surface area contributed by atoms with Crippen molar-refractivity contribution in [1.29, 1.82) is 0 Å². The Morgan fingerprint density at radius 3 is 3.20 bits per heavy atom. The molecule has 0 aliphatic rings. The van der Waals surface area contributed by atoms with Gasteiger partial charge in [0.2, 0.25) is 5.82 Å². The van der Waals surface area contributed by atoms with Crippen LogP contribution >= 0.6 is 0 Å². The number of imidazole rings is 1. The second-order valence-corrected chi connectivity index (χ2v) is 2.83. The van der Waals surface area contributed by atoms with E-state index in [1.807, 2.05) is 0 Å². The molecular formula is C9H8FN3O2. The molecule has 0 fully saturated rings. The maximum atomic E-state index is 12.8. The molecule has 2 rings (SSSR count). The number of carbonyl (C=O) groups excluding carboxylic acids is 1. The number of nitrogens with one attached hydrogen (secondary N) is 1. The predicted molar refractivity (Wildman–Crippen MR) is 49.8 cm³/mol. The van der Waals surface area contributed by atoms with Crippen molar-refractivity contribution in [3.63, 3.8) is 0 Å². The van der Waals surface area contributed by atoms with Crippen LogP contribution in [0, 0.1) is 5.82 Å². The second-order valence-electron chi connectivity index (χ2n) is 2.83. The Labute approximate surface area is 84.3 Å². The van der Waals surface area contributed by atoms with Gasteiger partial charge in [-0.1, -0.05) is 0 Å². The summed E-state index contributed by atoms with van der Waals surface area (Å²) in [7, 11) is 0. The lowest BCUT2D eigenvalue weighted by Gasteiger charge is -1.95. The first kappa shape index (κ1) is 9.57. The lowest BCUT2D eigenvalue weighted by atomic mass is 10.4. The van der Waals surface area contributed by atoms with Crippen LogP contribution in [0.2, 0.25) is 0 Å². The first-order valence-electron chi connectivity index (χ1n) is 4.39. The molecule has 0 saturated heterocycles. The standard InChI is InChI=1S/C9H8FN3O2/c1-2-15-9(14)8-12-6-3-5(10)4-11-7(6)13-8/h3-4H,2H2,1H3,(H,11,12,13). The van der Waals surface area contributed by atoms with Crippen LogP contribution in [-0.4, -0.2) is 27.5 Å². The van der Waals surface area contributed by atoms with Gasteiger partial charge in [0.1, 0.15) is 5.82 Å². The number of halogens is 1. The highest BCUT2D eigenvalue weighted by Gasteiger charge is 2.12. The molecule has 0 aliphatic carbocycles. The van der Waals surface area contributed by atoms with E-state index in [-0.39, 0.29) is 12.4 Å². The Bertz CT molecular complexity index is 509. The highest BCUT2D eigenvalue weighted by Crippen LogP contribution is 2.10. The minimum absolute atomic E-state index is 0.0324. The molecule has 6 heteroatoms. The van der Waals surface area contributed by atoms with Crippen LogP contribution in [0.5, 0.6) is 0 Å². The number of esters is 1. The number of ether oxygens (including phenoxy) is 1. The van der Waals surface area contributed by atoms with Gasteiger partial charge >= 0.3 is 5.97 Å². The molecule has 0 aliphatic heterocycles. The maximum Gasteiger partial charge on any atom is 0.374 e. The molecule has 0 atom stereocenters. The van der Waals surface area contributed by atoms with Crippen LogP contribution in [0.15, 0.2) is 12.3 Å². The molecule has 0 amide bonds. The zero-order valence-corrected chi connectivity index (χ0v) is 7.95. The summed E-state index contributed by atoms with van der Waals surface area (Å²) in [6, 6.07) is 1.22. The first-order chi connectivity index (χ1) is 7.20. The summed E-state index contributed by atoms with van der Waals surface area (Å²) in [6.07, 6.45) is 1.04. The van der Waals surface area contributed by atoms with Crippen molar-refractivity contribution in [2.24, 2.45) is 0 Å². The van der Waals surface area contributed by atoms with Crippen molar-refractivity contribution in [3.05, 3.63) is 23.9 Å². The van der Waals surface area contributed by atoms with Gasteiger partial charge in [0.15, 0.2) is 5.65 Å². The summed E-state index contributed by atoms with van der Waals surface area (Å²) in [6.45, 7) is 1.95. The molecule has 0 saturated carbocycles. The summed E-state index contributed by atoms with van der Waals surface area (Å²) in [4.78, 5) is 21.5. The van der Waals surface area contributed by atoms with Gasteiger partial charge in [0, 0.05) is 6.07 Å². The van der Waals surface area contributed by atoms with Gasteiger partial charge in [-0.3, -0.25) is 0 Å². The molecule has 0 unspecified atom stereocenters. The summed E-state index contributed by atoms with van der Waals surface area (Å²) < 4.78 is 17.5. The number of hydrogen-bond acceptors (Lipinski definition) is 4. The van der Waals surface area contributed by atoms with Gasteiger partial charge < -0.3 is 9.72 Å². The molecule has 5 nitrogen and oxygen atoms in total. The largest absolute Gasteiger partial charge is 0.460 e. The SMILES string of the molecule is CCOC(=O)c1nc2ncc(F)cc2[nH]1. The minimum Gasteiger partial charge on any atom is -0.460 e. The number of aromatic amines is 1. The molecule has 15 heavy (non-hydrogen) atoms. The molecule has 2 aromatic rings. The minimum atomic E-state index is -0.573. The number of H-pyrrole nitrogens is 1. The number of carbonyl (C=O) groups is 1. The first-order valence-corrected chi connectivity index (χ1v) is 4.39. The van der Waals surface area contributed by atoms with Crippen molar-refractivity contribution >= 4 is 17.1 Å². The van der Waals surface area contributed by atoms with Crippen molar-refractivity contribution < 1.29 is 13.9 Å². The second kappa shape index (κ2) is 3.64. The lowest BCUT2D eigenvalue weighted by Crippen LogP contribution is -2.06. The quantitative estimate of drug-likeness (QED) is 0.756. The van der Waals surface area contributed by atoms with E-state index in [0.29, 0.717) is 11.2 Å². The summed E-state index contributed by atoms with van der Waals surface area (Å²) in [5.74, 6) is -1.03. The van der Waals surface area contributed by atoms with Gasteiger partial charge in [0.05, 0.1) is 18.3 Å². The number of aromatic nitrogens is 3. The smallest absolute Gasteiger partial charge is 0.374 e. The van der Waals surface area contributed by atoms with Gasteiger partial charge in [-0.15, -0.1) is 0 Å². The van der Waals surface area contributed by atoms with Crippen LogP contribution in [-0.2, 0) is 4.74 Å².